The molecule has 0 spiro atoms. The van der Waals surface area contributed by atoms with Crippen molar-refractivity contribution in [3.8, 4) is 5.75 Å². The molecule has 0 fully saturated rings. The molecule has 0 saturated heterocycles. The molecule has 0 atom stereocenters. The van der Waals surface area contributed by atoms with Gasteiger partial charge in [-0.05, 0) is 43.2 Å². The van der Waals surface area contributed by atoms with Crippen LogP contribution in [-0.2, 0) is 9.61 Å². The number of unbranched alkanes of at least 4 members (excludes halogenated alkanes) is 1. The molecule has 34 heavy (non-hydrogen) atoms. The molecule has 1 aliphatic rings. The van der Waals surface area contributed by atoms with Gasteiger partial charge in [-0.3, -0.25) is 3.07 Å². The van der Waals surface area contributed by atoms with Crippen molar-refractivity contribution in [2.75, 3.05) is 38.1 Å². The zero-order chi connectivity index (χ0) is 24.8. The molecule has 0 unspecified atom stereocenters. The molecule has 8 heteroatoms. The summed E-state index contributed by atoms with van der Waals surface area (Å²) in [7, 11) is 0. The van der Waals surface area contributed by atoms with Gasteiger partial charge in [-0.2, -0.15) is 0 Å². The number of hydrogen-bond donors (Lipinski definition) is 3. The predicted molar refractivity (Wildman–Crippen MR) is 151 cm³/mol. The Morgan fingerprint density at radius 3 is 2.71 bits per heavy atom. The van der Waals surface area contributed by atoms with Gasteiger partial charge >= 0.3 is 0 Å². The number of nitrogens with one attached hydrogen (secondary N) is 3. The van der Waals surface area contributed by atoms with Crippen molar-refractivity contribution >= 4 is 38.5 Å². The quantitative estimate of drug-likeness (QED) is 0.215. The van der Waals surface area contributed by atoms with E-state index in [0.29, 0.717) is 18.2 Å². The zero-order valence-corrected chi connectivity index (χ0v) is 23.0. The van der Waals surface area contributed by atoms with Gasteiger partial charge in [-0.15, -0.1) is 0 Å². The van der Waals surface area contributed by atoms with Gasteiger partial charge in [0.15, 0.2) is 21.2 Å². The van der Waals surface area contributed by atoms with Gasteiger partial charge in [0.2, 0.25) is 0 Å². The standard InChI is InChI=1S/C18H28N4.C8H8ClIO2/c1-4-5-10-19-15(2)13-21-16(3)22-12-11-20-18-9-7-6-8-17(18)14-22;1-2-12-6-3-4-8(10-11)7(9)5-6/h6-9,19-21H,2-5,10-14H2,1H3;3-5H,2H2,1H3. The average molecular weight is 599 g/mol. The van der Waals surface area contributed by atoms with Crippen LogP contribution in [0.3, 0.4) is 0 Å². The van der Waals surface area contributed by atoms with Gasteiger partial charge in [0, 0.05) is 37.6 Å². The molecule has 0 aromatic heterocycles. The summed E-state index contributed by atoms with van der Waals surface area (Å²) < 4.78 is 16.5. The molecule has 1 heterocycles. The Morgan fingerprint density at radius 2 is 2.00 bits per heavy atom. The number of halogens is 2. The van der Waals surface area contributed by atoms with Crippen molar-refractivity contribution < 1.29 is 7.81 Å². The SMILES string of the molecule is C=C(CNC(=C)N1CCNc2ccccc2C1)NCCCC.CCOc1ccc(I=O)c(Cl)c1. The second kappa shape index (κ2) is 15.6. The summed E-state index contributed by atoms with van der Waals surface area (Å²) in [5.41, 5.74) is 3.55. The van der Waals surface area contributed by atoms with Crippen molar-refractivity contribution in [3.05, 3.63) is 81.3 Å². The maximum Gasteiger partial charge on any atom is 0.183 e. The van der Waals surface area contributed by atoms with Crippen LogP contribution >= 0.6 is 32.8 Å². The van der Waals surface area contributed by atoms with Crippen molar-refractivity contribution in [3.63, 3.8) is 0 Å². The lowest BCUT2D eigenvalue weighted by atomic mass is 10.2. The second-order valence-electron chi connectivity index (χ2n) is 7.78. The normalized spacial score (nSPS) is 12.3. The molecule has 0 aliphatic carbocycles. The largest absolute Gasteiger partial charge is 0.494 e. The molecular formula is C26H36ClIN4O2. The van der Waals surface area contributed by atoms with Crippen LogP contribution in [0.2, 0.25) is 5.02 Å². The first-order valence-corrected chi connectivity index (χ1v) is 13.9. The summed E-state index contributed by atoms with van der Waals surface area (Å²) in [5, 5.41) is 10.7. The maximum atomic E-state index is 10.6. The Labute approximate surface area is 219 Å². The predicted octanol–water partition coefficient (Wildman–Crippen LogP) is 6.10. The molecule has 186 valence electrons. The number of fused-ring (bicyclic) bond motifs is 1. The first kappa shape index (κ1) is 28.0. The van der Waals surface area contributed by atoms with E-state index < -0.39 is 21.2 Å². The molecule has 1 aliphatic heterocycles. The Morgan fingerprint density at radius 1 is 1.21 bits per heavy atom. The third-order valence-electron chi connectivity index (χ3n) is 5.15. The van der Waals surface area contributed by atoms with Crippen molar-refractivity contribution in [1.82, 2.24) is 15.5 Å². The average Bonchev–Trinajstić information content (AvgIpc) is 3.06. The van der Waals surface area contributed by atoms with E-state index in [4.69, 9.17) is 16.3 Å². The molecule has 3 N–H and O–H groups in total. The highest BCUT2D eigenvalue weighted by atomic mass is 127. The Balaban J connectivity index is 0.000000287. The molecule has 0 saturated carbocycles. The number of anilines is 1. The highest BCUT2D eigenvalue weighted by Crippen LogP contribution is 2.26. The van der Waals surface area contributed by atoms with E-state index in [1.165, 1.54) is 24.1 Å². The summed E-state index contributed by atoms with van der Waals surface area (Å²) >= 11 is 4.64. The van der Waals surface area contributed by atoms with Gasteiger partial charge in [0.1, 0.15) is 5.75 Å². The van der Waals surface area contributed by atoms with Crippen LogP contribution in [-0.4, -0.2) is 37.7 Å². The lowest BCUT2D eigenvalue weighted by Gasteiger charge is -2.26. The fourth-order valence-electron chi connectivity index (χ4n) is 3.29. The number of para-hydroxylation sites is 1. The van der Waals surface area contributed by atoms with Crippen molar-refractivity contribution in [1.29, 1.82) is 0 Å². The fourth-order valence-corrected chi connectivity index (χ4v) is 4.35. The first-order chi connectivity index (χ1) is 16.5. The van der Waals surface area contributed by atoms with E-state index in [1.54, 1.807) is 18.2 Å². The van der Waals surface area contributed by atoms with E-state index in [9.17, 15) is 3.07 Å². The van der Waals surface area contributed by atoms with Crippen LogP contribution in [0.15, 0.2) is 67.1 Å². The van der Waals surface area contributed by atoms with Gasteiger partial charge in [0.25, 0.3) is 0 Å². The minimum atomic E-state index is -1.17. The topological polar surface area (TPSA) is 65.6 Å². The number of benzene rings is 2. The Kier molecular flexibility index (Phi) is 12.8. The van der Waals surface area contributed by atoms with E-state index in [-0.39, 0.29) is 0 Å². The Hall–Kier alpha value is -2.26. The van der Waals surface area contributed by atoms with Gasteiger partial charge in [-0.1, -0.05) is 56.3 Å². The fraction of sp³-hybridized carbons (Fsp3) is 0.385. The lowest BCUT2D eigenvalue weighted by Crippen LogP contribution is -2.35. The smallest absolute Gasteiger partial charge is 0.183 e. The summed E-state index contributed by atoms with van der Waals surface area (Å²) in [5.74, 6) is 1.68. The van der Waals surface area contributed by atoms with Crippen LogP contribution in [0.1, 0.15) is 32.3 Å². The third-order valence-corrected chi connectivity index (χ3v) is 7.20. The zero-order valence-electron chi connectivity index (χ0n) is 20.1. The van der Waals surface area contributed by atoms with E-state index >= 15 is 0 Å². The minimum Gasteiger partial charge on any atom is -0.494 e. The number of ether oxygens (including phenoxy) is 1. The highest BCUT2D eigenvalue weighted by Gasteiger charge is 2.14. The molecule has 0 amide bonds. The van der Waals surface area contributed by atoms with E-state index in [1.807, 2.05) is 6.92 Å². The number of nitrogens with zero attached hydrogens (tertiary/aromatic N) is 1. The van der Waals surface area contributed by atoms with Crippen molar-refractivity contribution in [2.24, 2.45) is 0 Å². The van der Waals surface area contributed by atoms with Crippen LogP contribution in [0.4, 0.5) is 5.69 Å². The van der Waals surface area contributed by atoms with Crippen LogP contribution in [0.5, 0.6) is 5.75 Å². The molecule has 0 radical (unpaired) electrons. The highest BCUT2D eigenvalue weighted by molar-refractivity contribution is 14.1. The molecule has 2 aromatic carbocycles. The Bertz CT molecular complexity index is 954. The number of rotatable bonds is 11. The monoisotopic (exact) mass is 598 g/mol. The third kappa shape index (κ3) is 9.54. The molecular weight excluding hydrogens is 563 g/mol. The summed E-state index contributed by atoms with van der Waals surface area (Å²) in [6, 6.07) is 13.7. The van der Waals surface area contributed by atoms with E-state index in [0.717, 1.165) is 47.0 Å². The van der Waals surface area contributed by atoms with Crippen molar-refractivity contribution in [2.45, 2.75) is 33.2 Å². The minimum absolute atomic E-state index is 0.531. The van der Waals surface area contributed by atoms with Crippen LogP contribution < -0.4 is 20.7 Å². The van der Waals surface area contributed by atoms with Gasteiger partial charge in [0.05, 0.1) is 27.6 Å². The van der Waals surface area contributed by atoms with Crippen LogP contribution in [0, 0.1) is 3.57 Å². The van der Waals surface area contributed by atoms with Gasteiger partial charge in [-0.25, -0.2) is 0 Å². The van der Waals surface area contributed by atoms with E-state index in [2.05, 4.69) is 65.2 Å². The molecule has 3 rings (SSSR count). The second-order valence-corrected chi connectivity index (χ2v) is 9.79. The summed E-state index contributed by atoms with van der Waals surface area (Å²) in [6.07, 6.45) is 2.37. The lowest BCUT2D eigenvalue weighted by molar-refractivity contribution is 0.332. The molecule has 6 nitrogen and oxygen atoms in total. The molecule has 2 aromatic rings. The summed E-state index contributed by atoms with van der Waals surface area (Å²) in [4.78, 5) is 2.28. The first-order valence-electron chi connectivity index (χ1n) is 11.6. The summed E-state index contributed by atoms with van der Waals surface area (Å²) in [6.45, 7) is 17.4. The molecule has 0 bridgehead atoms. The van der Waals surface area contributed by atoms with Gasteiger partial charge < -0.3 is 25.6 Å². The van der Waals surface area contributed by atoms with Crippen LogP contribution in [0.25, 0.3) is 0 Å². The number of hydrogen-bond acceptors (Lipinski definition) is 6. The maximum absolute atomic E-state index is 10.6.